The van der Waals surface area contributed by atoms with Crippen LogP contribution in [0, 0.1) is 0 Å². The van der Waals surface area contributed by atoms with Gasteiger partial charge in [0, 0.05) is 13.8 Å². The van der Waals surface area contributed by atoms with E-state index in [1.165, 1.54) is 0 Å². The van der Waals surface area contributed by atoms with Crippen molar-refractivity contribution in [1.82, 2.24) is 10.6 Å². The quantitative estimate of drug-likeness (QED) is 0.202. The molecule has 2 aliphatic rings. The predicted octanol–water partition coefficient (Wildman–Crippen LogP) is -5.11. The standard InChI is InChI=1S/C16H28N2O11/c1-5(21)17-9-13(25)11(23)7(3-19)28-16(9)29-14-10(18-6(2)22)15(26)27-8(4-20)12(14)24/h7-16,19-20,23-26H,3-4H2,1-2H3,(H,17,21)(H,18,22)/t7-,8-,9+,10+,11-,12+,13-,14-,15+,16-/m1/s1. The van der Waals surface area contributed by atoms with Crippen LogP contribution in [0.5, 0.6) is 0 Å². The molecular formula is C16H28N2O11. The van der Waals surface area contributed by atoms with Crippen molar-refractivity contribution in [1.29, 1.82) is 0 Å². The summed E-state index contributed by atoms with van der Waals surface area (Å²) in [6.45, 7) is 0.959. The number of carbonyl (C=O) groups excluding carboxylic acids is 2. The van der Waals surface area contributed by atoms with Crippen molar-refractivity contribution in [3.63, 3.8) is 0 Å². The van der Waals surface area contributed by atoms with Gasteiger partial charge in [0.1, 0.15) is 48.7 Å². The minimum absolute atomic E-state index is 0.576. The van der Waals surface area contributed by atoms with Crippen LogP contribution in [0.2, 0.25) is 0 Å². The fraction of sp³-hybridized carbons (Fsp3) is 0.875. The Bertz CT molecular complexity index is 579. The second kappa shape index (κ2) is 10.1. The van der Waals surface area contributed by atoms with E-state index in [0.29, 0.717) is 0 Å². The first kappa shape index (κ1) is 23.9. The van der Waals surface area contributed by atoms with Gasteiger partial charge in [-0.3, -0.25) is 9.59 Å². The lowest BCUT2D eigenvalue weighted by Gasteiger charge is -2.47. The number of carbonyl (C=O) groups is 2. The number of rotatable bonds is 6. The lowest BCUT2D eigenvalue weighted by atomic mass is 9.94. The number of nitrogens with one attached hydrogen (secondary N) is 2. The highest BCUT2D eigenvalue weighted by atomic mass is 16.7. The molecule has 2 rings (SSSR count). The number of aliphatic hydroxyl groups excluding tert-OH is 6. The monoisotopic (exact) mass is 424 g/mol. The van der Waals surface area contributed by atoms with E-state index in [-0.39, 0.29) is 0 Å². The Hall–Kier alpha value is -1.42. The van der Waals surface area contributed by atoms with E-state index in [2.05, 4.69) is 10.6 Å². The average Bonchev–Trinajstić information content (AvgIpc) is 2.65. The molecule has 0 unspecified atom stereocenters. The van der Waals surface area contributed by atoms with Gasteiger partial charge in [-0.05, 0) is 0 Å². The minimum Gasteiger partial charge on any atom is -0.394 e. The summed E-state index contributed by atoms with van der Waals surface area (Å²) in [6, 6.07) is -2.59. The van der Waals surface area contributed by atoms with Crippen molar-refractivity contribution >= 4 is 11.8 Å². The number of ether oxygens (including phenoxy) is 3. The minimum atomic E-state index is -1.66. The molecule has 168 valence electrons. The van der Waals surface area contributed by atoms with E-state index < -0.39 is 86.3 Å². The van der Waals surface area contributed by atoms with Gasteiger partial charge < -0.3 is 55.5 Å². The molecule has 2 saturated heterocycles. The van der Waals surface area contributed by atoms with Gasteiger partial charge in [-0.2, -0.15) is 0 Å². The third-order valence-corrected chi connectivity index (χ3v) is 4.78. The molecule has 2 fully saturated rings. The lowest BCUT2D eigenvalue weighted by molar-refractivity contribution is -0.323. The van der Waals surface area contributed by atoms with Crippen LogP contribution in [0.25, 0.3) is 0 Å². The van der Waals surface area contributed by atoms with Crippen molar-refractivity contribution in [2.75, 3.05) is 13.2 Å². The van der Waals surface area contributed by atoms with Crippen LogP contribution in [-0.2, 0) is 23.8 Å². The second-order valence-corrected chi connectivity index (χ2v) is 7.00. The van der Waals surface area contributed by atoms with Crippen molar-refractivity contribution in [2.24, 2.45) is 0 Å². The molecule has 2 aliphatic heterocycles. The van der Waals surface area contributed by atoms with Gasteiger partial charge in [0.05, 0.1) is 13.2 Å². The Balaban J connectivity index is 2.31. The summed E-state index contributed by atoms with van der Waals surface area (Å²) in [6.07, 6.45) is -11.8. The molecule has 0 radical (unpaired) electrons. The number of amides is 2. The largest absolute Gasteiger partial charge is 0.394 e. The summed E-state index contributed by atoms with van der Waals surface area (Å²) in [7, 11) is 0. The molecule has 8 N–H and O–H groups in total. The highest BCUT2D eigenvalue weighted by Gasteiger charge is 2.51. The van der Waals surface area contributed by atoms with Gasteiger partial charge in [0.2, 0.25) is 11.8 Å². The van der Waals surface area contributed by atoms with Crippen molar-refractivity contribution in [3.05, 3.63) is 0 Å². The van der Waals surface area contributed by atoms with Gasteiger partial charge in [-0.25, -0.2) is 0 Å². The first-order valence-corrected chi connectivity index (χ1v) is 9.05. The molecule has 13 nitrogen and oxygen atoms in total. The number of hydrogen-bond acceptors (Lipinski definition) is 11. The lowest BCUT2D eigenvalue weighted by Crippen LogP contribution is -2.69. The summed E-state index contributed by atoms with van der Waals surface area (Å²) < 4.78 is 16.2. The molecule has 2 heterocycles. The third-order valence-electron chi connectivity index (χ3n) is 4.78. The maximum absolute atomic E-state index is 11.5. The van der Waals surface area contributed by atoms with Gasteiger partial charge >= 0.3 is 0 Å². The van der Waals surface area contributed by atoms with Crippen LogP contribution in [0.1, 0.15) is 13.8 Å². The topological polar surface area (TPSA) is 207 Å². The summed E-state index contributed by atoms with van der Waals surface area (Å²) in [5.74, 6) is -1.16. The zero-order chi connectivity index (χ0) is 21.9. The molecule has 13 heteroatoms. The summed E-state index contributed by atoms with van der Waals surface area (Å²) in [5, 5.41) is 64.5. The Morgan fingerprint density at radius 3 is 1.86 bits per heavy atom. The Kier molecular flexibility index (Phi) is 8.28. The van der Waals surface area contributed by atoms with Crippen LogP contribution >= 0.6 is 0 Å². The molecular weight excluding hydrogens is 396 g/mol. The van der Waals surface area contributed by atoms with E-state index in [1.54, 1.807) is 0 Å². The third kappa shape index (κ3) is 5.39. The van der Waals surface area contributed by atoms with Crippen LogP contribution < -0.4 is 10.6 Å². The smallest absolute Gasteiger partial charge is 0.217 e. The van der Waals surface area contributed by atoms with Gasteiger partial charge in [0.15, 0.2) is 12.6 Å². The number of aliphatic hydroxyl groups is 6. The Labute approximate surface area is 166 Å². The van der Waals surface area contributed by atoms with Gasteiger partial charge in [-0.15, -0.1) is 0 Å². The first-order chi connectivity index (χ1) is 13.6. The zero-order valence-corrected chi connectivity index (χ0v) is 15.9. The molecule has 0 bridgehead atoms. The highest BCUT2D eigenvalue weighted by Crippen LogP contribution is 2.28. The normalized spacial score (nSPS) is 42.9. The molecule has 0 aromatic heterocycles. The van der Waals surface area contributed by atoms with Crippen LogP contribution in [0.15, 0.2) is 0 Å². The zero-order valence-electron chi connectivity index (χ0n) is 15.9. The summed E-state index contributed by atoms with van der Waals surface area (Å²) in [4.78, 5) is 23.0. The van der Waals surface area contributed by atoms with Crippen molar-refractivity contribution < 1.29 is 54.4 Å². The molecule has 0 aromatic carbocycles. The summed E-state index contributed by atoms with van der Waals surface area (Å²) in [5.41, 5.74) is 0. The van der Waals surface area contributed by atoms with E-state index in [1.807, 2.05) is 0 Å². The molecule has 0 spiro atoms. The van der Waals surface area contributed by atoms with Crippen molar-refractivity contribution in [2.45, 2.75) is 75.1 Å². The van der Waals surface area contributed by atoms with E-state index >= 15 is 0 Å². The Morgan fingerprint density at radius 2 is 1.34 bits per heavy atom. The predicted molar refractivity (Wildman–Crippen MR) is 91.8 cm³/mol. The fourth-order valence-corrected chi connectivity index (χ4v) is 3.38. The summed E-state index contributed by atoms with van der Waals surface area (Å²) >= 11 is 0. The average molecular weight is 424 g/mol. The van der Waals surface area contributed by atoms with Crippen LogP contribution in [0.3, 0.4) is 0 Å². The molecule has 0 saturated carbocycles. The maximum atomic E-state index is 11.5. The fourth-order valence-electron chi connectivity index (χ4n) is 3.38. The molecule has 0 aromatic rings. The van der Waals surface area contributed by atoms with Crippen molar-refractivity contribution in [3.8, 4) is 0 Å². The molecule has 0 aliphatic carbocycles. The van der Waals surface area contributed by atoms with Gasteiger partial charge in [-0.1, -0.05) is 0 Å². The molecule has 10 atom stereocenters. The second-order valence-electron chi connectivity index (χ2n) is 7.00. The van der Waals surface area contributed by atoms with Gasteiger partial charge in [0.25, 0.3) is 0 Å². The molecule has 2 amide bonds. The molecule has 29 heavy (non-hydrogen) atoms. The highest BCUT2D eigenvalue weighted by molar-refractivity contribution is 5.73. The first-order valence-electron chi connectivity index (χ1n) is 9.05. The van der Waals surface area contributed by atoms with Crippen LogP contribution in [0.4, 0.5) is 0 Å². The number of hydrogen-bond donors (Lipinski definition) is 8. The van der Waals surface area contributed by atoms with E-state index in [0.717, 1.165) is 13.8 Å². The maximum Gasteiger partial charge on any atom is 0.217 e. The van der Waals surface area contributed by atoms with E-state index in [9.17, 15) is 40.2 Å². The van der Waals surface area contributed by atoms with Crippen LogP contribution in [-0.4, -0.2) is 117 Å². The Morgan fingerprint density at radius 1 is 0.828 bits per heavy atom. The van der Waals surface area contributed by atoms with E-state index in [4.69, 9.17) is 14.2 Å². The SMILES string of the molecule is CC(=O)N[C@@H]1[C@@H](O[C@H]2[C@@H](O)[C@@H](CO)O[C@H](O)[C@H]2NC(C)=O)O[C@H](CO)[C@@H](O)[C@@H]1O.